The number of rotatable bonds is 43. The van der Waals surface area contributed by atoms with Crippen molar-refractivity contribution in [2.75, 3.05) is 44.6 Å². The first-order valence-corrected chi connectivity index (χ1v) is 33.8. The van der Waals surface area contributed by atoms with Crippen molar-refractivity contribution in [3.05, 3.63) is 29.8 Å². The molecule has 572 valence electrons. The van der Waals surface area contributed by atoms with Crippen LogP contribution in [0.3, 0.4) is 0 Å². The lowest BCUT2D eigenvalue weighted by atomic mass is 10.0. The predicted octanol–water partition coefficient (Wildman–Crippen LogP) is 3.35. The zero-order valence-corrected chi connectivity index (χ0v) is 58.9. The van der Waals surface area contributed by atoms with E-state index in [9.17, 15) is 76.7 Å². The number of nitrogens with zero attached hydrogens (tertiary/aromatic N) is 2. The second kappa shape index (κ2) is 51.1. The minimum atomic E-state index is -1.16. The van der Waals surface area contributed by atoms with Gasteiger partial charge in [-0.3, -0.25) is 72.1 Å². The Balaban J connectivity index is 0. The lowest BCUT2D eigenvalue weighted by Crippen LogP contribution is -2.54. The summed E-state index contributed by atoms with van der Waals surface area (Å²) in [7, 11) is 0. The quantitative estimate of drug-likeness (QED) is 0.0253. The number of nitrogens with one attached hydrogen (secondary N) is 10. The molecule has 0 saturated carbocycles. The minimum Gasteiger partial charge on any atom is -0.463 e. The number of hydrogen-bond donors (Lipinski definition) is 13. The molecule has 3 rings (SSSR count). The van der Waals surface area contributed by atoms with E-state index in [1.165, 1.54) is 9.80 Å². The van der Waals surface area contributed by atoms with E-state index in [0.717, 1.165) is 0 Å². The van der Waals surface area contributed by atoms with Gasteiger partial charge in [-0.15, -0.1) is 0 Å². The molecule has 2 fully saturated rings. The van der Waals surface area contributed by atoms with Crippen molar-refractivity contribution in [2.24, 2.45) is 46.8 Å². The van der Waals surface area contributed by atoms with Crippen LogP contribution in [0.4, 0.5) is 20.1 Å². The number of ether oxygens (including phenoxy) is 1. The molecule has 2 unspecified atom stereocenters. The van der Waals surface area contributed by atoms with E-state index in [-0.39, 0.29) is 163 Å². The fraction of sp³-hybridized carbons (Fsp3) is 0.681. The van der Waals surface area contributed by atoms with Gasteiger partial charge in [0.1, 0.15) is 24.7 Å². The first kappa shape index (κ1) is 88.0. The Bertz CT molecular complexity index is 2970. The van der Waals surface area contributed by atoms with Gasteiger partial charge in [-0.05, 0) is 120 Å². The van der Waals surface area contributed by atoms with Crippen LogP contribution < -0.4 is 70.4 Å². The Hall–Kier alpha value is -9.10. The van der Waals surface area contributed by atoms with Crippen molar-refractivity contribution in [3.63, 3.8) is 0 Å². The third-order valence-corrected chi connectivity index (χ3v) is 15.9. The summed E-state index contributed by atoms with van der Waals surface area (Å²) in [6, 6.07) is -0.412. The standard InChI is InChI=1S/C30H44N6O8.C23H39N5O6.C14H28N4O3.2CH4/c1-19(2)26(35-24(38)9-5-4-6-15-36-25(39)16-20(3)29(36)42)28(41)34-23(8-7-14-32-30(31)43)27(40)33-22-12-10-21(11-13-22)17-44-18-37;1-14(2)20(21(32)26-17(16(4)29)9-8-11-25-23(24)34)27-18(30)10-6-5-7-12-28-19(31)13-15(3)22(28)33;1-5-16-12(9(2)3)13(20)18-11(10(4)19)7-6-8-17-14(15)21;;/h10-13,18-20,23,26H,4-9,14-17H2,1-3H3,(H,33,40)(H,34,41)(H,35,38)(H3,31,32,43);14-15,17,20H,5-13H2,1-4H3,(H,26,32)(H,27,30)(H3,24,25,34);9,11-12,16H,5-8H2,1-4H3,(H,18,20)(H3,15,17,21);2*1H4/t20?,23-,26-;15?,17-,20-;11-,12-;;/m000../s1/i18D;2*4D;;. The van der Waals surface area contributed by atoms with Crippen LogP contribution in [0.15, 0.2) is 24.3 Å². The van der Waals surface area contributed by atoms with E-state index >= 15 is 0 Å². The summed E-state index contributed by atoms with van der Waals surface area (Å²) in [5.74, 6) is -4.93. The molecule has 16 amide bonds. The summed E-state index contributed by atoms with van der Waals surface area (Å²) >= 11 is 0. The summed E-state index contributed by atoms with van der Waals surface area (Å²) in [5, 5.41) is 26.6. The molecule has 2 saturated heterocycles. The number of amides is 16. The van der Waals surface area contributed by atoms with E-state index in [1.54, 1.807) is 65.8 Å². The molecule has 1 aromatic rings. The smallest absolute Gasteiger partial charge is 0.312 e. The van der Waals surface area contributed by atoms with Gasteiger partial charge in [-0.25, -0.2) is 14.4 Å². The summed E-state index contributed by atoms with van der Waals surface area (Å²) in [6.07, 6.45) is 5.09. The van der Waals surface area contributed by atoms with Crippen LogP contribution in [0.25, 0.3) is 0 Å². The fourth-order valence-corrected chi connectivity index (χ4v) is 10.3. The van der Waals surface area contributed by atoms with Gasteiger partial charge in [-0.2, -0.15) is 0 Å². The molecule has 0 aromatic heterocycles. The monoisotopic (exact) mass is 1430 g/mol. The molecule has 2 aliphatic heterocycles. The van der Waals surface area contributed by atoms with Crippen LogP contribution >= 0.6 is 0 Å². The van der Waals surface area contributed by atoms with Crippen molar-refractivity contribution in [3.8, 4) is 0 Å². The number of hydrogen-bond acceptors (Lipinski definition) is 18. The van der Waals surface area contributed by atoms with Gasteiger partial charge in [0.2, 0.25) is 59.1 Å². The molecule has 2 aliphatic rings. The van der Waals surface area contributed by atoms with Crippen molar-refractivity contribution in [1.29, 1.82) is 0 Å². The maximum Gasteiger partial charge on any atom is 0.312 e. The van der Waals surface area contributed by atoms with Crippen molar-refractivity contribution in [1.82, 2.24) is 57.7 Å². The van der Waals surface area contributed by atoms with Crippen molar-refractivity contribution >= 4 is 101 Å². The van der Waals surface area contributed by atoms with Crippen LogP contribution in [0.2, 0.25) is 0 Å². The van der Waals surface area contributed by atoms with E-state index in [0.29, 0.717) is 102 Å². The highest BCUT2D eigenvalue weighted by atomic mass is 16.5. The number of ketones is 2. The molecule has 16 N–H and O–H groups in total. The van der Waals surface area contributed by atoms with Crippen LogP contribution in [0.5, 0.6) is 0 Å². The van der Waals surface area contributed by atoms with Crippen molar-refractivity contribution in [2.45, 2.75) is 237 Å². The topological polar surface area (TPSA) is 487 Å². The van der Waals surface area contributed by atoms with Gasteiger partial charge >= 0.3 is 18.1 Å². The molecule has 0 radical (unpaired) electrons. The number of likely N-dealkylation sites (N-methyl/N-ethyl adjacent to an activating group) is 1. The summed E-state index contributed by atoms with van der Waals surface area (Å²) in [6.45, 7) is 17.4. The second-order valence-electron chi connectivity index (χ2n) is 25.4. The SMILES string of the molecule is C.C.[2H]C(=O)OCc1ccc(NC(=O)[C@H](CCCNC(N)=O)NC(=O)[C@@H](NC(=O)CCCCCN2C(=O)CC(C)C2=O)C(C)C)cc1.[2H]CC(=O)[C@H](CCCNC(N)=O)NC(=O)[C@@H](NC(=O)CCCCCN1C(=O)CC(C)C1=O)C(C)C.[2H]CC(=O)[C@H](CCCNC(N)=O)NC(=O)[C@@H](NCC)C(C)C. The first-order valence-electron chi connectivity index (χ1n) is 35.7. The van der Waals surface area contributed by atoms with Crippen LogP contribution in [-0.4, -0.2) is 180 Å². The summed E-state index contributed by atoms with van der Waals surface area (Å²) in [5.41, 5.74) is 16.1. The highest BCUT2D eigenvalue weighted by Crippen LogP contribution is 2.21. The van der Waals surface area contributed by atoms with Gasteiger partial charge in [0.05, 0.1) is 18.1 Å². The molecular formula is C69H119N15O17. The molecule has 32 nitrogen and oxygen atoms in total. The maximum atomic E-state index is 13.3. The zero-order valence-electron chi connectivity index (χ0n) is 61.9. The third kappa shape index (κ3) is 38.3. The molecular weight excluding hydrogens is 1310 g/mol. The lowest BCUT2D eigenvalue weighted by molar-refractivity contribution is -0.140. The highest BCUT2D eigenvalue weighted by Gasteiger charge is 2.37. The first-order chi connectivity index (χ1) is 48.1. The Kier molecular flexibility index (Phi) is 44.5. The Morgan fingerprint density at radius 3 is 1.23 bits per heavy atom. The number of primary amides is 3. The van der Waals surface area contributed by atoms with Gasteiger partial charge in [0, 0.05) is 78.7 Å². The number of carbonyl (C=O) groups excluding carboxylic acids is 16. The Morgan fingerprint density at radius 1 is 0.535 bits per heavy atom. The number of likely N-dealkylation sites (tertiary alicyclic amines) is 2. The van der Waals surface area contributed by atoms with Crippen LogP contribution in [0, 0.1) is 29.6 Å². The molecule has 0 aliphatic carbocycles. The number of urea groups is 3. The van der Waals surface area contributed by atoms with E-state index in [1.807, 2.05) is 20.8 Å². The lowest BCUT2D eigenvalue weighted by Gasteiger charge is -2.25. The number of imide groups is 2. The number of benzene rings is 1. The average Bonchev–Trinajstić information content (AvgIpc) is 1.56. The van der Waals surface area contributed by atoms with E-state index in [2.05, 4.69) is 57.9 Å². The molecule has 2 heterocycles. The number of carbonyl (C=O) groups is 16. The number of anilines is 1. The molecule has 0 spiro atoms. The number of unbranched alkanes of at least 4 members (excludes halogenated alkanes) is 4. The van der Waals surface area contributed by atoms with E-state index in [4.69, 9.17) is 21.3 Å². The van der Waals surface area contributed by atoms with Gasteiger partial charge in [0.15, 0.2) is 12.9 Å². The molecule has 32 heteroatoms. The van der Waals surface area contributed by atoms with Crippen LogP contribution in [-0.2, 0) is 73.7 Å². The van der Waals surface area contributed by atoms with E-state index < -0.39 is 85.2 Å². The van der Waals surface area contributed by atoms with Gasteiger partial charge < -0.3 is 75.1 Å². The number of Topliss-reactive ketones (excluding diaryl/α,β-unsaturated/α-hetero) is 2. The largest absolute Gasteiger partial charge is 0.463 e. The average molecular weight is 1430 g/mol. The summed E-state index contributed by atoms with van der Waals surface area (Å²) in [4.78, 5) is 194. The molecule has 8 atom stereocenters. The third-order valence-electron chi connectivity index (χ3n) is 15.9. The Morgan fingerprint density at radius 2 is 0.901 bits per heavy atom. The normalized spacial score (nSPS) is 16.0. The van der Waals surface area contributed by atoms with Crippen molar-refractivity contribution < 1.29 is 85.6 Å². The maximum absolute atomic E-state index is 13.3. The summed E-state index contributed by atoms with van der Waals surface area (Å²) < 4.78 is 26.0. The minimum absolute atomic E-state index is 0. The van der Waals surface area contributed by atoms with Crippen LogP contribution in [0.1, 0.15) is 203 Å². The fourth-order valence-electron chi connectivity index (χ4n) is 10.3. The second-order valence-corrected chi connectivity index (χ2v) is 25.4. The van der Waals surface area contributed by atoms with Gasteiger partial charge in [-0.1, -0.05) is 102 Å². The van der Waals surface area contributed by atoms with Gasteiger partial charge in [0.25, 0.3) is 6.45 Å². The Labute approximate surface area is 599 Å². The highest BCUT2D eigenvalue weighted by molar-refractivity contribution is 6.04. The molecule has 0 bridgehead atoms. The molecule has 101 heavy (non-hydrogen) atoms. The predicted molar refractivity (Wildman–Crippen MR) is 381 cm³/mol. The molecule has 1 aromatic carbocycles. The zero-order chi connectivity index (χ0) is 77.2. The number of nitrogens with two attached hydrogens (primary N) is 3.